The zero-order valence-corrected chi connectivity index (χ0v) is 16.1. The van der Waals surface area contributed by atoms with Gasteiger partial charge in [-0.2, -0.15) is 5.10 Å². The number of aromatic nitrogens is 3. The van der Waals surface area contributed by atoms with E-state index in [0.717, 1.165) is 21.5 Å². The van der Waals surface area contributed by atoms with Gasteiger partial charge >= 0.3 is 5.97 Å². The number of methoxy groups -OCH3 is 2. The van der Waals surface area contributed by atoms with Crippen molar-refractivity contribution in [3.8, 4) is 22.1 Å². The number of nitrogens with zero attached hydrogens (tertiary/aromatic N) is 2. The Balaban J connectivity index is 1.49. The largest absolute Gasteiger partial charge is 0.493 e. The third-order valence-electron chi connectivity index (χ3n) is 4.21. The number of nitrogens with one attached hydrogen (secondary N) is 1. The Morgan fingerprint density at radius 3 is 2.89 bits per heavy atom. The van der Waals surface area contributed by atoms with E-state index < -0.39 is 5.97 Å². The smallest absolute Gasteiger partial charge is 0.338 e. The molecule has 0 radical (unpaired) electrons. The molecule has 0 aliphatic heterocycles. The van der Waals surface area contributed by atoms with Crippen molar-refractivity contribution < 1.29 is 19.0 Å². The lowest BCUT2D eigenvalue weighted by atomic mass is 10.2. The van der Waals surface area contributed by atoms with Crippen LogP contribution < -0.4 is 9.47 Å². The number of aromatic amines is 1. The fourth-order valence-electron chi connectivity index (χ4n) is 2.84. The fraction of sp³-hybridized carbons (Fsp3) is 0.150. The standard InChI is InChI=1S/C20H17N3O4S/c1-25-17-5-3-4-15(18(17)26-2)19-22-14(11-28-19)10-27-20(24)12-6-7-13-9-21-23-16(13)8-12/h3-9,11H,10H2,1-2H3,(H,21,23). The van der Waals surface area contributed by atoms with Crippen LogP contribution in [0, 0.1) is 0 Å². The van der Waals surface area contributed by atoms with Gasteiger partial charge in [0.25, 0.3) is 0 Å². The van der Waals surface area contributed by atoms with E-state index in [1.165, 1.54) is 11.3 Å². The maximum atomic E-state index is 12.3. The molecule has 4 aromatic rings. The SMILES string of the molecule is COc1cccc(-c2nc(COC(=O)c3ccc4cn[nH]c4c3)cs2)c1OC. The highest BCUT2D eigenvalue weighted by Gasteiger charge is 2.15. The van der Waals surface area contributed by atoms with Crippen molar-refractivity contribution in [2.75, 3.05) is 14.2 Å². The first-order valence-electron chi connectivity index (χ1n) is 8.45. The number of para-hydroxylation sites is 1. The molecule has 0 bridgehead atoms. The van der Waals surface area contributed by atoms with Crippen molar-refractivity contribution in [1.29, 1.82) is 0 Å². The maximum absolute atomic E-state index is 12.3. The first-order chi connectivity index (χ1) is 13.7. The molecule has 0 aliphatic carbocycles. The van der Waals surface area contributed by atoms with E-state index in [0.29, 0.717) is 22.8 Å². The summed E-state index contributed by atoms with van der Waals surface area (Å²) in [6.07, 6.45) is 1.70. The van der Waals surface area contributed by atoms with Crippen molar-refractivity contribution in [3.05, 3.63) is 59.2 Å². The number of benzene rings is 2. The molecule has 2 aromatic heterocycles. The van der Waals surface area contributed by atoms with Gasteiger partial charge in [0.1, 0.15) is 11.6 Å². The number of hydrogen-bond acceptors (Lipinski definition) is 7. The lowest BCUT2D eigenvalue weighted by molar-refractivity contribution is 0.0468. The lowest BCUT2D eigenvalue weighted by Crippen LogP contribution is -2.05. The highest BCUT2D eigenvalue weighted by atomic mass is 32.1. The maximum Gasteiger partial charge on any atom is 0.338 e. The van der Waals surface area contributed by atoms with Gasteiger partial charge in [-0.25, -0.2) is 9.78 Å². The van der Waals surface area contributed by atoms with Crippen molar-refractivity contribution in [2.45, 2.75) is 6.61 Å². The molecule has 0 saturated heterocycles. The monoisotopic (exact) mass is 395 g/mol. The summed E-state index contributed by atoms with van der Waals surface area (Å²) in [4.78, 5) is 16.9. The second-order valence-corrected chi connectivity index (χ2v) is 6.79. The second-order valence-electron chi connectivity index (χ2n) is 5.93. The van der Waals surface area contributed by atoms with Gasteiger partial charge in [-0.1, -0.05) is 12.1 Å². The van der Waals surface area contributed by atoms with Crippen LogP contribution in [0.5, 0.6) is 11.5 Å². The molecule has 0 amide bonds. The van der Waals surface area contributed by atoms with Gasteiger partial charge in [0.05, 0.1) is 42.8 Å². The zero-order chi connectivity index (χ0) is 19.5. The minimum Gasteiger partial charge on any atom is -0.493 e. The van der Waals surface area contributed by atoms with Crippen molar-refractivity contribution >= 4 is 28.2 Å². The molecule has 142 valence electrons. The van der Waals surface area contributed by atoms with Crippen LogP contribution in [0.4, 0.5) is 0 Å². The molecule has 0 fully saturated rings. The highest BCUT2D eigenvalue weighted by Crippen LogP contribution is 2.39. The second kappa shape index (κ2) is 7.69. The first kappa shape index (κ1) is 18.0. The average Bonchev–Trinajstić information content (AvgIpc) is 3.40. The van der Waals surface area contributed by atoms with Crippen molar-refractivity contribution in [2.24, 2.45) is 0 Å². The molecular weight excluding hydrogens is 378 g/mol. The Hall–Kier alpha value is -3.39. The molecule has 0 spiro atoms. The van der Waals surface area contributed by atoms with E-state index in [4.69, 9.17) is 14.2 Å². The number of carbonyl (C=O) groups excluding carboxylic acids is 1. The molecule has 7 nitrogen and oxygen atoms in total. The third-order valence-corrected chi connectivity index (χ3v) is 5.14. The summed E-state index contributed by atoms with van der Waals surface area (Å²) in [7, 11) is 3.18. The molecule has 0 saturated carbocycles. The number of esters is 1. The summed E-state index contributed by atoms with van der Waals surface area (Å²) >= 11 is 1.45. The molecule has 8 heteroatoms. The van der Waals surface area contributed by atoms with Crippen LogP contribution >= 0.6 is 11.3 Å². The summed E-state index contributed by atoms with van der Waals surface area (Å²) in [6.45, 7) is 0.0859. The van der Waals surface area contributed by atoms with Gasteiger partial charge in [-0.05, 0) is 24.3 Å². The van der Waals surface area contributed by atoms with Crippen LogP contribution in [0.1, 0.15) is 16.1 Å². The fourth-order valence-corrected chi connectivity index (χ4v) is 3.67. The quantitative estimate of drug-likeness (QED) is 0.496. The van der Waals surface area contributed by atoms with E-state index in [-0.39, 0.29) is 6.61 Å². The Labute approximate surface area is 164 Å². The van der Waals surface area contributed by atoms with Crippen molar-refractivity contribution in [3.63, 3.8) is 0 Å². The summed E-state index contributed by atoms with van der Waals surface area (Å²) in [5.74, 6) is 0.846. The van der Waals surface area contributed by atoms with E-state index in [1.807, 2.05) is 29.6 Å². The Kier molecular flexibility index (Phi) is 4.94. The zero-order valence-electron chi connectivity index (χ0n) is 15.3. The molecule has 0 atom stereocenters. The van der Waals surface area contributed by atoms with Gasteiger partial charge in [0, 0.05) is 10.8 Å². The lowest BCUT2D eigenvalue weighted by Gasteiger charge is -2.10. The summed E-state index contributed by atoms with van der Waals surface area (Å²) in [5.41, 5.74) is 2.74. The summed E-state index contributed by atoms with van der Waals surface area (Å²) in [6, 6.07) is 10.9. The van der Waals surface area contributed by atoms with Crippen LogP contribution in [-0.2, 0) is 11.3 Å². The summed E-state index contributed by atoms with van der Waals surface area (Å²) < 4.78 is 16.2. The Bertz CT molecular complexity index is 1140. The predicted octanol–water partition coefficient (Wildman–Crippen LogP) is 4.06. The minimum atomic E-state index is -0.412. The molecule has 1 N–H and O–H groups in total. The molecule has 0 unspecified atom stereocenters. The number of rotatable bonds is 6. The third kappa shape index (κ3) is 3.41. The van der Waals surface area contributed by atoms with Gasteiger partial charge in [0.15, 0.2) is 11.5 Å². The van der Waals surface area contributed by atoms with E-state index >= 15 is 0 Å². The predicted molar refractivity (Wildman–Crippen MR) is 106 cm³/mol. The number of hydrogen-bond donors (Lipinski definition) is 1. The molecule has 4 rings (SSSR count). The minimum absolute atomic E-state index is 0.0859. The van der Waals surface area contributed by atoms with Gasteiger partial charge in [-0.3, -0.25) is 5.10 Å². The normalized spacial score (nSPS) is 10.8. The van der Waals surface area contributed by atoms with Crippen LogP contribution in [0.3, 0.4) is 0 Å². The number of carbonyl (C=O) groups is 1. The van der Waals surface area contributed by atoms with Crippen LogP contribution in [0.15, 0.2) is 48.0 Å². The van der Waals surface area contributed by atoms with Gasteiger partial charge < -0.3 is 14.2 Å². The van der Waals surface area contributed by atoms with Crippen LogP contribution in [0.2, 0.25) is 0 Å². The Morgan fingerprint density at radius 1 is 1.18 bits per heavy atom. The highest BCUT2D eigenvalue weighted by molar-refractivity contribution is 7.13. The topological polar surface area (TPSA) is 86.3 Å². The number of ether oxygens (including phenoxy) is 3. The Morgan fingerprint density at radius 2 is 2.07 bits per heavy atom. The van der Waals surface area contributed by atoms with E-state index in [9.17, 15) is 4.79 Å². The molecular formula is C20H17N3O4S. The number of H-pyrrole nitrogens is 1. The molecule has 2 aromatic carbocycles. The molecule has 0 aliphatic rings. The average molecular weight is 395 g/mol. The van der Waals surface area contributed by atoms with Crippen molar-refractivity contribution in [1.82, 2.24) is 15.2 Å². The summed E-state index contributed by atoms with van der Waals surface area (Å²) in [5, 5.41) is 10.4. The number of fused-ring (bicyclic) bond motifs is 1. The van der Waals surface area contributed by atoms with Crippen LogP contribution in [0.25, 0.3) is 21.5 Å². The molecule has 28 heavy (non-hydrogen) atoms. The molecule has 2 heterocycles. The number of thiazole rings is 1. The van der Waals surface area contributed by atoms with E-state index in [1.54, 1.807) is 32.5 Å². The van der Waals surface area contributed by atoms with E-state index in [2.05, 4.69) is 15.2 Å². The van der Waals surface area contributed by atoms with Crippen LogP contribution in [-0.4, -0.2) is 35.4 Å². The van der Waals surface area contributed by atoms with Gasteiger partial charge in [0.2, 0.25) is 0 Å². The van der Waals surface area contributed by atoms with Gasteiger partial charge in [-0.15, -0.1) is 11.3 Å². The first-order valence-corrected chi connectivity index (χ1v) is 9.33.